The minimum absolute atomic E-state index is 0.143. The number of hydrogen-bond donors (Lipinski definition) is 7. The third kappa shape index (κ3) is 3.78. The maximum absolute atomic E-state index is 11.3. The molecule has 7 unspecified atom stereocenters. The van der Waals surface area contributed by atoms with Gasteiger partial charge in [0.2, 0.25) is 5.79 Å². The van der Waals surface area contributed by atoms with Gasteiger partial charge in [0, 0.05) is 17.3 Å². The van der Waals surface area contributed by atoms with Gasteiger partial charge in [-0.3, -0.25) is 0 Å². The number of ether oxygens (including phenoxy) is 3. The monoisotopic (exact) mass is 480 g/mol. The van der Waals surface area contributed by atoms with Crippen LogP contribution >= 0.6 is 0 Å². The maximum Gasteiger partial charge on any atom is 0.219 e. The van der Waals surface area contributed by atoms with E-state index >= 15 is 0 Å². The molecule has 2 aliphatic rings. The Labute approximate surface area is 196 Å². The first-order chi connectivity index (χ1) is 14.6. The molecule has 0 aromatic carbocycles. The summed E-state index contributed by atoms with van der Waals surface area (Å²) in [5.41, 5.74) is -9.31. The fraction of sp³-hybridized carbons (Fsp3) is 1.00. The molecular formula is C23H44O10. The van der Waals surface area contributed by atoms with Gasteiger partial charge in [-0.2, -0.15) is 0 Å². The van der Waals surface area contributed by atoms with E-state index in [-0.39, 0.29) is 13.2 Å². The maximum atomic E-state index is 11.3. The molecule has 0 aliphatic carbocycles. The van der Waals surface area contributed by atoms with Crippen LogP contribution in [0.15, 0.2) is 0 Å². The van der Waals surface area contributed by atoms with Crippen LogP contribution in [-0.2, 0) is 14.2 Å². The van der Waals surface area contributed by atoms with E-state index in [4.69, 9.17) is 14.2 Å². The SMILES string of the molecule is CC1C(C)(O)C(O)(CO)O[C@](C)(COC[C@@]2(C)C(C)C(C)(O)[C@@](C)(CO)OC2(C)O)C1(C)O. The van der Waals surface area contributed by atoms with Gasteiger partial charge in [0.15, 0.2) is 5.79 Å². The van der Waals surface area contributed by atoms with E-state index in [1.807, 2.05) is 0 Å². The lowest BCUT2D eigenvalue weighted by Crippen LogP contribution is -2.78. The van der Waals surface area contributed by atoms with Crippen molar-refractivity contribution in [1.82, 2.24) is 0 Å². The Hall–Kier alpha value is -0.400. The Morgan fingerprint density at radius 1 is 0.636 bits per heavy atom. The number of rotatable bonds is 6. The predicted octanol–water partition coefficient (Wildman–Crippen LogP) is -0.506. The fourth-order valence-corrected chi connectivity index (χ4v) is 5.34. The van der Waals surface area contributed by atoms with Gasteiger partial charge in [-0.25, -0.2) is 0 Å². The standard InChI is InChI=1S/C23H44O10/c1-14-16(3,22(9,29)32-17(4,10-24)19(14,6)26)12-31-13-18(5)20(7,27)15(2)21(8,28)23(30,11-25)33-18/h14-15,24-30H,10-13H2,1-9H3/t14?,15?,16-,17+,18+,19?,20?,21?,22?,23?/m0/s1. The fourth-order valence-electron chi connectivity index (χ4n) is 5.34. The molecule has 10 nitrogen and oxygen atoms in total. The molecule has 0 amide bonds. The minimum Gasteiger partial charge on any atom is -0.393 e. The molecule has 0 radical (unpaired) electrons. The van der Waals surface area contributed by atoms with Crippen LogP contribution in [0, 0.1) is 17.3 Å². The van der Waals surface area contributed by atoms with Crippen LogP contribution in [0.4, 0.5) is 0 Å². The van der Waals surface area contributed by atoms with E-state index < -0.39 is 70.0 Å². The third-order valence-electron chi connectivity index (χ3n) is 9.59. The van der Waals surface area contributed by atoms with Crippen LogP contribution in [-0.4, -0.2) is 102 Å². The molecule has 2 rings (SSSR count). The molecule has 0 saturated carbocycles. The van der Waals surface area contributed by atoms with Gasteiger partial charge in [-0.05, 0) is 41.5 Å². The van der Waals surface area contributed by atoms with Crippen molar-refractivity contribution in [2.24, 2.45) is 17.3 Å². The molecule has 2 saturated heterocycles. The zero-order valence-electron chi connectivity index (χ0n) is 21.3. The Morgan fingerprint density at radius 3 is 1.58 bits per heavy atom. The third-order valence-corrected chi connectivity index (χ3v) is 9.59. The molecule has 2 aliphatic heterocycles. The summed E-state index contributed by atoms with van der Waals surface area (Å²) in [6.45, 7) is 11.8. The lowest BCUT2D eigenvalue weighted by Gasteiger charge is -2.63. The van der Waals surface area contributed by atoms with Crippen molar-refractivity contribution in [3.63, 3.8) is 0 Å². The lowest BCUT2D eigenvalue weighted by molar-refractivity contribution is -0.432. The average Bonchev–Trinajstić information content (AvgIpc) is 2.69. The zero-order valence-corrected chi connectivity index (χ0v) is 21.3. The van der Waals surface area contributed by atoms with Crippen LogP contribution in [0.5, 0.6) is 0 Å². The molecule has 10 heteroatoms. The molecule has 7 N–H and O–H groups in total. The number of aliphatic hydroxyl groups excluding tert-OH is 2. The van der Waals surface area contributed by atoms with Crippen molar-refractivity contribution in [1.29, 1.82) is 0 Å². The van der Waals surface area contributed by atoms with E-state index in [9.17, 15) is 35.7 Å². The molecule has 0 spiro atoms. The predicted molar refractivity (Wildman–Crippen MR) is 118 cm³/mol. The van der Waals surface area contributed by atoms with E-state index in [1.54, 1.807) is 13.8 Å². The average molecular weight is 481 g/mol. The molecular weight excluding hydrogens is 436 g/mol. The van der Waals surface area contributed by atoms with Crippen LogP contribution < -0.4 is 0 Å². The Bertz CT molecular complexity index is 737. The first kappa shape index (κ1) is 28.8. The molecule has 196 valence electrons. The van der Waals surface area contributed by atoms with Gasteiger partial charge < -0.3 is 50.0 Å². The summed E-state index contributed by atoms with van der Waals surface area (Å²) in [6, 6.07) is 0. The number of hydrogen-bond acceptors (Lipinski definition) is 10. The molecule has 33 heavy (non-hydrogen) atoms. The van der Waals surface area contributed by atoms with Crippen molar-refractivity contribution in [3.8, 4) is 0 Å². The van der Waals surface area contributed by atoms with Crippen molar-refractivity contribution in [2.75, 3.05) is 26.4 Å². The van der Waals surface area contributed by atoms with Gasteiger partial charge in [0.25, 0.3) is 0 Å². The van der Waals surface area contributed by atoms with Gasteiger partial charge in [-0.1, -0.05) is 20.8 Å². The molecule has 2 heterocycles. The van der Waals surface area contributed by atoms with E-state index in [0.717, 1.165) is 0 Å². The van der Waals surface area contributed by atoms with Crippen LogP contribution in [0.3, 0.4) is 0 Å². The highest BCUT2D eigenvalue weighted by Gasteiger charge is 2.69. The second-order valence-corrected chi connectivity index (χ2v) is 11.5. The Balaban J connectivity index is 2.32. The van der Waals surface area contributed by atoms with Crippen LogP contribution in [0.25, 0.3) is 0 Å². The molecule has 0 bridgehead atoms. The van der Waals surface area contributed by atoms with Gasteiger partial charge in [0.1, 0.15) is 23.4 Å². The first-order valence-electron chi connectivity index (χ1n) is 11.4. The largest absolute Gasteiger partial charge is 0.393 e. The van der Waals surface area contributed by atoms with Crippen LogP contribution in [0.1, 0.15) is 62.3 Å². The normalized spacial score (nSPS) is 57.8. The van der Waals surface area contributed by atoms with E-state index in [0.29, 0.717) is 0 Å². The summed E-state index contributed by atoms with van der Waals surface area (Å²) >= 11 is 0. The lowest BCUT2D eigenvalue weighted by atomic mass is 9.58. The Kier molecular flexibility index (Phi) is 7.04. The molecule has 0 aromatic heterocycles. The first-order valence-corrected chi connectivity index (χ1v) is 11.4. The van der Waals surface area contributed by atoms with Crippen molar-refractivity contribution >= 4 is 0 Å². The van der Waals surface area contributed by atoms with Gasteiger partial charge >= 0.3 is 0 Å². The summed E-state index contributed by atoms with van der Waals surface area (Å²) in [5, 5.41) is 74.9. The second kappa shape index (κ2) is 8.06. The molecule has 0 aromatic rings. The summed E-state index contributed by atoms with van der Waals surface area (Å²) in [5.74, 6) is -5.69. The van der Waals surface area contributed by atoms with Crippen molar-refractivity contribution in [3.05, 3.63) is 0 Å². The quantitative estimate of drug-likeness (QED) is 0.263. The molecule has 2 fully saturated rings. The van der Waals surface area contributed by atoms with Crippen LogP contribution in [0.2, 0.25) is 0 Å². The highest BCUT2D eigenvalue weighted by molar-refractivity contribution is 5.14. The van der Waals surface area contributed by atoms with Gasteiger partial charge in [-0.15, -0.1) is 0 Å². The topological polar surface area (TPSA) is 169 Å². The summed E-state index contributed by atoms with van der Waals surface area (Å²) in [6.07, 6.45) is 0. The highest BCUT2D eigenvalue weighted by atomic mass is 16.7. The summed E-state index contributed by atoms with van der Waals surface area (Å²) in [4.78, 5) is 0. The summed E-state index contributed by atoms with van der Waals surface area (Å²) < 4.78 is 17.4. The Morgan fingerprint density at radius 2 is 1.12 bits per heavy atom. The number of aliphatic hydroxyl groups is 7. The zero-order chi connectivity index (χ0) is 26.1. The van der Waals surface area contributed by atoms with Gasteiger partial charge in [0.05, 0.1) is 31.0 Å². The minimum atomic E-state index is -2.35. The summed E-state index contributed by atoms with van der Waals surface area (Å²) in [7, 11) is 0. The molecule has 10 atom stereocenters. The van der Waals surface area contributed by atoms with Crippen molar-refractivity contribution in [2.45, 2.75) is 102 Å². The van der Waals surface area contributed by atoms with Crippen molar-refractivity contribution < 1.29 is 50.0 Å². The highest BCUT2D eigenvalue weighted by Crippen LogP contribution is 2.55. The smallest absolute Gasteiger partial charge is 0.219 e. The van der Waals surface area contributed by atoms with E-state index in [2.05, 4.69) is 0 Å². The second-order valence-electron chi connectivity index (χ2n) is 11.5. The van der Waals surface area contributed by atoms with E-state index in [1.165, 1.54) is 48.5 Å².